The minimum Gasteiger partial charge on any atom is -0.348 e. The van der Waals surface area contributed by atoms with Gasteiger partial charge in [-0.2, -0.15) is 0 Å². The number of nitrogens with zero attached hydrogens (tertiary/aromatic N) is 4. The van der Waals surface area contributed by atoms with Crippen molar-refractivity contribution in [3.63, 3.8) is 0 Å². The summed E-state index contributed by atoms with van der Waals surface area (Å²) in [5, 5.41) is 2.67. The Morgan fingerprint density at radius 3 is 2.69 bits per heavy atom. The van der Waals surface area contributed by atoms with Crippen LogP contribution in [0.3, 0.4) is 0 Å². The number of likely N-dealkylation sites (tertiary alicyclic amines) is 1. The number of H-pyrrole nitrogens is 1. The highest BCUT2D eigenvalue weighted by Crippen LogP contribution is 2.27. The predicted molar refractivity (Wildman–Crippen MR) is 98.4 cm³/mol. The molecule has 2 N–H and O–H groups in total. The summed E-state index contributed by atoms with van der Waals surface area (Å²) in [6.45, 7) is 1.42. The number of aromatic nitrogens is 4. The van der Waals surface area contributed by atoms with Crippen molar-refractivity contribution in [2.75, 3.05) is 20.1 Å². The molecule has 0 aliphatic carbocycles. The highest BCUT2D eigenvalue weighted by atomic mass is 16.2. The van der Waals surface area contributed by atoms with E-state index in [2.05, 4.69) is 20.3 Å². The molecule has 1 aromatic carbocycles. The number of aromatic amines is 1. The Kier molecular flexibility index (Phi) is 4.35. The van der Waals surface area contributed by atoms with Crippen LogP contribution >= 0.6 is 0 Å². The first-order valence-electron chi connectivity index (χ1n) is 8.64. The molecule has 0 radical (unpaired) electrons. The van der Waals surface area contributed by atoms with E-state index in [1.165, 1.54) is 0 Å². The molecule has 1 atom stereocenters. The zero-order chi connectivity index (χ0) is 17.9. The van der Waals surface area contributed by atoms with Gasteiger partial charge in [0.1, 0.15) is 5.82 Å². The van der Waals surface area contributed by atoms with Gasteiger partial charge in [0.25, 0.3) is 0 Å². The minimum absolute atomic E-state index is 0.0378. The Labute approximate surface area is 151 Å². The summed E-state index contributed by atoms with van der Waals surface area (Å²) < 4.78 is 0. The highest BCUT2D eigenvalue weighted by Gasteiger charge is 2.28. The molecular formula is C19H20N6O. The lowest BCUT2D eigenvalue weighted by atomic mass is 10.1. The van der Waals surface area contributed by atoms with Gasteiger partial charge in [-0.25, -0.2) is 19.7 Å². The third kappa shape index (κ3) is 3.15. The van der Waals surface area contributed by atoms with Crippen molar-refractivity contribution < 1.29 is 4.79 Å². The molecule has 7 heteroatoms. The number of rotatable bonds is 3. The summed E-state index contributed by atoms with van der Waals surface area (Å²) >= 11 is 0. The van der Waals surface area contributed by atoms with Crippen molar-refractivity contribution in [2.24, 2.45) is 0 Å². The van der Waals surface area contributed by atoms with Crippen LogP contribution in [0.2, 0.25) is 0 Å². The van der Waals surface area contributed by atoms with E-state index < -0.39 is 0 Å². The van der Waals surface area contributed by atoms with Crippen LogP contribution in [0.1, 0.15) is 18.2 Å². The molecule has 2 amide bonds. The summed E-state index contributed by atoms with van der Waals surface area (Å²) in [4.78, 5) is 30.4. The lowest BCUT2D eigenvalue weighted by molar-refractivity contribution is 0.210. The molecule has 4 rings (SSSR count). The Morgan fingerprint density at radius 2 is 1.96 bits per heavy atom. The summed E-state index contributed by atoms with van der Waals surface area (Å²) in [6, 6.07) is 9.84. The first-order chi connectivity index (χ1) is 12.7. The topological polar surface area (TPSA) is 86.8 Å². The molecule has 1 aliphatic heterocycles. The van der Waals surface area contributed by atoms with Gasteiger partial charge in [-0.05, 0) is 6.42 Å². The van der Waals surface area contributed by atoms with Crippen LogP contribution in [0, 0.1) is 0 Å². The second-order valence-electron chi connectivity index (χ2n) is 6.32. The van der Waals surface area contributed by atoms with Gasteiger partial charge in [-0.3, -0.25) is 0 Å². The van der Waals surface area contributed by atoms with E-state index in [1.54, 1.807) is 19.4 Å². The van der Waals surface area contributed by atoms with Crippen LogP contribution in [-0.4, -0.2) is 51.0 Å². The largest absolute Gasteiger partial charge is 0.348 e. The van der Waals surface area contributed by atoms with Crippen molar-refractivity contribution in [3.05, 3.63) is 54.7 Å². The predicted octanol–water partition coefficient (Wildman–Crippen LogP) is 2.66. The van der Waals surface area contributed by atoms with E-state index in [0.29, 0.717) is 12.4 Å². The quantitative estimate of drug-likeness (QED) is 0.762. The molecule has 0 saturated carbocycles. The van der Waals surface area contributed by atoms with Gasteiger partial charge < -0.3 is 15.2 Å². The van der Waals surface area contributed by atoms with Crippen molar-refractivity contribution in [1.29, 1.82) is 0 Å². The Hall–Kier alpha value is -3.22. The number of imidazole rings is 1. The van der Waals surface area contributed by atoms with Crippen LogP contribution < -0.4 is 5.32 Å². The molecule has 132 valence electrons. The van der Waals surface area contributed by atoms with Crippen LogP contribution in [0.5, 0.6) is 0 Å². The molecule has 1 aliphatic rings. The number of hydrogen-bond acceptors (Lipinski definition) is 4. The summed E-state index contributed by atoms with van der Waals surface area (Å²) in [7, 11) is 1.65. The third-order valence-electron chi connectivity index (χ3n) is 4.65. The van der Waals surface area contributed by atoms with Crippen LogP contribution in [0.25, 0.3) is 22.6 Å². The SMILES string of the molecule is CNC(=O)N1CC[C@@H](c2nc(-c3cnc(-c4ccccc4)nc3)c[nH]2)C1. The van der Waals surface area contributed by atoms with E-state index in [0.717, 1.165) is 35.6 Å². The summed E-state index contributed by atoms with van der Waals surface area (Å²) in [5.74, 6) is 1.83. The number of carbonyl (C=O) groups is 1. The van der Waals surface area contributed by atoms with Crippen LogP contribution in [-0.2, 0) is 0 Å². The third-order valence-corrected chi connectivity index (χ3v) is 4.65. The number of benzene rings is 1. The standard InChI is InChI=1S/C19H20N6O/c1-20-19(26)25-8-7-14(12-25)18-23-11-16(24-18)15-9-21-17(22-10-15)13-5-3-2-4-6-13/h2-6,9-11,14H,7-8,12H2,1H3,(H,20,26)(H,23,24)/t14-/m1/s1. The molecule has 0 spiro atoms. The lowest BCUT2D eigenvalue weighted by Gasteiger charge is -2.14. The van der Waals surface area contributed by atoms with Crippen LogP contribution in [0.15, 0.2) is 48.9 Å². The smallest absolute Gasteiger partial charge is 0.317 e. The Balaban J connectivity index is 1.49. The fourth-order valence-corrected chi connectivity index (χ4v) is 3.22. The number of urea groups is 1. The number of amides is 2. The number of nitrogens with one attached hydrogen (secondary N) is 2. The molecular weight excluding hydrogens is 328 g/mol. The van der Waals surface area contributed by atoms with Crippen LogP contribution in [0.4, 0.5) is 4.79 Å². The van der Waals surface area contributed by atoms with Gasteiger partial charge >= 0.3 is 6.03 Å². The van der Waals surface area contributed by atoms with E-state index in [4.69, 9.17) is 4.98 Å². The molecule has 0 bridgehead atoms. The molecule has 3 aromatic rings. The van der Waals surface area contributed by atoms with Gasteiger partial charge in [-0.15, -0.1) is 0 Å². The van der Waals surface area contributed by atoms with Crippen molar-refractivity contribution >= 4 is 6.03 Å². The summed E-state index contributed by atoms with van der Waals surface area (Å²) in [5.41, 5.74) is 2.67. The molecule has 1 saturated heterocycles. The first-order valence-corrected chi connectivity index (χ1v) is 8.64. The Bertz CT molecular complexity index is 890. The van der Waals surface area contributed by atoms with Crippen molar-refractivity contribution in [2.45, 2.75) is 12.3 Å². The average Bonchev–Trinajstić information content (AvgIpc) is 3.38. The Morgan fingerprint density at radius 1 is 1.19 bits per heavy atom. The summed E-state index contributed by atoms with van der Waals surface area (Å²) in [6.07, 6.45) is 6.37. The zero-order valence-electron chi connectivity index (χ0n) is 14.5. The normalized spacial score (nSPS) is 16.7. The van der Waals surface area contributed by atoms with E-state index in [-0.39, 0.29) is 11.9 Å². The first kappa shape index (κ1) is 16.3. The fourth-order valence-electron chi connectivity index (χ4n) is 3.22. The zero-order valence-corrected chi connectivity index (χ0v) is 14.5. The van der Waals surface area contributed by atoms with Gasteiger partial charge in [0.2, 0.25) is 0 Å². The molecule has 1 fully saturated rings. The van der Waals surface area contributed by atoms with Gasteiger partial charge in [0.15, 0.2) is 5.82 Å². The molecule has 7 nitrogen and oxygen atoms in total. The second-order valence-corrected chi connectivity index (χ2v) is 6.32. The molecule has 26 heavy (non-hydrogen) atoms. The van der Waals surface area contributed by atoms with Crippen molar-refractivity contribution in [3.8, 4) is 22.6 Å². The van der Waals surface area contributed by atoms with Gasteiger partial charge in [0.05, 0.1) is 5.69 Å². The molecule has 0 unspecified atom stereocenters. The average molecular weight is 348 g/mol. The molecule has 2 aromatic heterocycles. The maximum Gasteiger partial charge on any atom is 0.317 e. The minimum atomic E-state index is -0.0378. The monoisotopic (exact) mass is 348 g/mol. The van der Waals surface area contributed by atoms with E-state index in [1.807, 2.05) is 41.4 Å². The van der Waals surface area contributed by atoms with E-state index >= 15 is 0 Å². The second kappa shape index (κ2) is 6.95. The van der Waals surface area contributed by atoms with Gasteiger partial charge in [-0.1, -0.05) is 30.3 Å². The molecule has 3 heterocycles. The number of hydrogen-bond donors (Lipinski definition) is 2. The fraction of sp³-hybridized carbons (Fsp3) is 0.263. The lowest BCUT2D eigenvalue weighted by Crippen LogP contribution is -2.36. The maximum absolute atomic E-state index is 11.7. The van der Waals surface area contributed by atoms with E-state index in [9.17, 15) is 4.79 Å². The van der Waals surface area contributed by atoms with Gasteiger partial charge in [0, 0.05) is 55.8 Å². The maximum atomic E-state index is 11.7. The van der Waals surface area contributed by atoms with Crippen molar-refractivity contribution in [1.82, 2.24) is 30.2 Å². The highest BCUT2D eigenvalue weighted by molar-refractivity contribution is 5.74. The number of carbonyl (C=O) groups excluding carboxylic acids is 1.